The number of thiophene rings is 1. The number of hydrogen-bond donors (Lipinski definition) is 2. The number of halogens is 2. The van der Waals surface area contributed by atoms with Crippen LogP contribution in [0.1, 0.15) is 22.0 Å². The Kier molecular flexibility index (Phi) is 4.38. The Labute approximate surface area is 121 Å². The van der Waals surface area contributed by atoms with Crippen LogP contribution in [0.25, 0.3) is 0 Å². The highest BCUT2D eigenvalue weighted by Crippen LogP contribution is 2.33. The Balaban J connectivity index is 2.42. The zero-order valence-corrected chi connectivity index (χ0v) is 13.2. The van der Waals surface area contributed by atoms with Crippen LogP contribution >= 0.6 is 43.2 Å². The first kappa shape index (κ1) is 13.2. The van der Waals surface area contributed by atoms with Crippen LogP contribution in [0.5, 0.6) is 0 Å². The summed E-state index contributed by atoms with van der Waals surface area (Å²) in [5.41, 5.74) is 5.23. The van der Waals surface area contributed by atoms with Gasteiger partial charge in [-0.15, -0.1) is 11.3 Å². The molecular weight excluding hydrogens is 364 g/mol. The van der Waals surface area contributed by atoms with Crippen molar-refractivity contribution in [3.63, 3.8) is 0 Å². The van der Waals surface area contributed by atoms with E-state index in [1.165, 1.54) is 10.4 Å². The molecule has 0 fully saturated rings. The molecule has 1 unspecified atom stereocenters. The van der Waals surface area contributed by atoms with E-state index in [4.69, 9.17) is 5.84 Å². The highest BCUT2D eigenvalue weighted by atomic mass is 79.9. The minimum Gasteiger partial charge on any atom is -0.271 e. The number of rotatable bonds is 3. The highest BCUT2D eigenvalue weighted by Gasteiger charge is 2.17. The average Bonchev–Trinajstić information content (AvgIpc) is 2.71. The number of hydrazine groups is 1. The van der Waals surface area contributed by atoms with Crippen LogP contribution in [0, 0.1) is 6.92 Å². The Morgan fingerprint density at radius 1 is 1.24 bits per heavy atom. The first-order chi connectivity index (χ1) is 8.13. The largest absolute Gasteiger partial charge is 0.271 e. The quantitative estimate of drug-likeness (QED) is 0.625. The van der Waals surface area contributed by atoms with Gasteiger partial charge in [0.05, 0.1) is 6.04 Å². The van der Waals surface area contributed by atoms with E-state index in [1.807, 2.05) is 11.4 Å². The maximum absolute atomic E-state index is 5.67. The van der Waals surface area contributed by atoms with Crippen molar-refractivity contribution in [2.45, 2.75) is 13.0 Å². The van der Waals surface area contributed by atoms with Crippen LogP contribution in [0.2, 0.25) is 0 Å². The van der Waals surface area contributed by atoms with Crippen molar-refractivity contribution >= 4 is 43.2 Å². The summed E-state index contributed by atoms with van der Waals surface area (Å²) >= 11 is 8.77. The molecule has 0 aliphatic carbocycles. The van der Waals surface area contributed by atoms with Gasteiger partial charge in [-0.2, -0.15) is 0 Å². The molecule has 1 heterocycles. The molecule has 0 spiro atoms. The maximum atomic E-state index is 5.67. The smallest absolute Gasteiger partial charge is 0.0814 e. The summed E-state index contributed by atoms with van der Waals surface area (Å²) in [5.74, 6) is 5.67. The highest BCUT2D eigenvalue weighted by molar-refractivity contribution is 9.10. The fraction of sp³-hybridized carbons (Fsp3) is 0.167. The predicted octanol–water partition coefficient (Wildman–Crippen LogP) is 4.13. The van der Waals surface area contributed by atoms with Crippen molar-refractivity contribution in [3.8, 4) is 0 Å². The Bertz CT molecular complexity index is 525. The lowest BCUT2D eigenvalue weighted by atomic mass is 10.0. The summed E-state index contributed by atoms with van der Waals surface area (Å²) in [6.45, 7) is 2.07. The van der Waals surface area contributed by atoms with E-state index in [2.05, 4.69) is 62.4 Å². The van der Waals surface area contributed by atoms with Gasteiger partial charge in [0.15, 0.2) is 0 Å². The van der Waals surface area contributed by atoms with Crippen LogP contribution in [-0.2, 0) is 0 Å². The van der Waals surface area contributed by atoms with E-state index in [0.717, 1.165) is 14.5 Å². The van der Waals surface area contributed by atoms with Crippen LogP contribution in [0.15, 0.2) is 38.6 Å². The minimum absolute atomic E-state index is 0.0151. The van der Waals surface area contributed by atoms with Gasteiger partial charge in [0.25, 0.3) is 0 Å². The third kappa shape index (κ3) is 2.80. The fourth-order valence-electron chi connectivity index (χ4n) is 1.62. The minimum atomic E-state index is 0.0151. The summed E-state index contributed by atoms with van der Waals surface area (Å²) in [6, 6.07) is 8.34. The summed E-state index contributed by atoms with van der Waals surface area (Å²) in [5, 5.41) is 2.05. The van der Waals surface area contributed by atoms with Gasteiger partial charge in [-0.3, -0.25) is 5.84 Å². The summed E-state index contributed by atoms with van der Waals surface area (Å²) in [4.78, 5) is 1.18. The lowest BCUT2D eigenvalue weighted by Gasteiger charge is -2.16. The molecule has 0 saturated carbocycles. The third-order valence-electron chi connectivity index (χ3n) is 2.60. The molecule has 0 aliphatic heterocycles. The molecule has 0 saturated heterocycles. The van der Waals surface area contributed by atoms with Crippen molar-refractivity contribution in [2.24, 2.45) is 5.84 Å². The van der Waals surface area contributed by atoms with Crippen LogP contribution in [0.4, 0.5) is 0 Å². The lowest BCUT2D eigenvalue weighted by molar-refractivity contribution is 0.644. The Hall–Kier alpha value is -0.200. The molecule has 0 radical (unpaired) electrons. The van der Waals surface area contributed by atoms with Crippen LogP contribution in [0.3, 0.4) is 0 Å². The zero-order chi connectivity index (χ0) is 12.4. The number of benzene rings is 1. The van der Waals surface area contributed by atoms with Gasteiger partial charge in [0.1, 0.15) is 0 Å². The number of nitrogens with one attached hydrogen (secondary N) is 1. The van der Waals surface area contributed by atoms with E-state index >= 15 is 0 Å². The standard InChI is InChI=1S/C12H12Br2N2S/c1-7-2-3-8(6-10(7)14)11(16-15)12-9(13)4-5-17-12/h2-6,11,16H,15H2,1H3. The Morgan fingerprint density at radius 2 is 2.00 bits per heavy atom. The van der Waals surface area contributed by atoms with E-state index in [9.17, 15) is 0 Å². The van der Waals surface area contributed by atoms with E-state index in [1.54, 1.807) is 11.3 Å². The first-order valence-corrected chi connectivity index (χ1v) is 7.55. The summed E-state index contributed by atoms with van der Waals surface area (Å²) in [7, 11) is 0. The van der Waals surface area contributed by atoms with Crippen molar-refractivity contribution < 1.29 is 0 Å². The number of hydrogen-bond acceptors (Lipinski definition) is 3. The second kappa shape index (κ2) is 5.63. The van der Waals surface area contributed by atoms with E-state index in [0.29, 0.717) is 0 Å². The summed E-state index contributed by atoms with van der Waals surface area (Å²) < 4.78 is 2.19. The second-order valence-corrected chi connectivity index (χ2v) is 6.40. The van der Waals surface area contributed by atoms with Crippen LogP contribution < -0.4 is 11.3 Å². The van der Waals surface area contributed by atoms with E-state index in [-0.39, 0.29) is 6.04 Å². The molecular formula is C12H12Br2N2S. The van der Waals surface area contributed by atoms with Gasteiger partial charge in [-0.25, -0.2) is 5.43 Å². The SMILES string of the molecule is Cc1ccc(C(NN)c2sccc2Br)cc1Br. The van der Waals surface area contributed by atoms with Crippen molar-refractivity contribution in [2.75, 3.05) is 0 Å². The second-order valence-electron chi connectivity index (χ2n) is 3.74. The molecule has 0 bridgehead atoms. The van der Waals surface area contributed by atoms with Gasteiger partial charge in [0.2, 0.25) is 0 Å². The molecule has 1 atom stereocenters. The topological polar surface area (TPSA) is 38.0 Å². The summed E-state index contributed by atoms with van der Waals surface area (Å²) in [6.07, 6.45) is 0. The molecule has 17 heavy (non-hydrogen) atoms. The molecule has 3 N–H and O–H groups in total. The molecule has 2 rings (SSSR count). The van der Waals surface area contributed by atoms with Crippen molar-refractivity contribution in [1.29, 1.82) is 0 Å². The molecule has 1 aromatic carbocycles. The van der Waals surface area contributed by atoms with Gasteiger partial charge in [-0.1, -0.05) is 28.1 Å². The molecule has 5 heteroatoms. The van der Waals surface area contributed by atoms with Gasteiger partial charge in [0, 0.05) is 13.8 Å². The van der Waals surface area contributed by atoms with Gasteiger partial charge in [-0.05, 0) is 51.5 Å². The molecule has 0 aliphatic rings. The number of aryl methyl sites for hydroxylation is 1. The van der Waals surface area contributed by atoms with Gasteiger partial charge < -0.3 is 0 Å². The number of nitrogens with two attached hydrogens (primary N) is 1. The molecule has 2 aromatic rings. The van der Waals surface area contributed by atoms with Crippen LogP contribution in [-0.4, -0.2) is 0 Å². The first-order valence-electron chi connectivity index (χ1n) is 5.08. The predicted molar refractivity (Wildman–Crippen MR) is 80.1 cm³/mol. The maximum Gasteiger partial charge on any atom is 0.0814 e. The normalized spacial score (nSPS) is 12.7. The Morgan fingerprint density at radius 3 is 2.53 bits per heavy atom. The average molecular weight is 376 g/mol. The van der Waals surface area contributed by atoms with Gasteiger partial charge >= 0.3 is 0 Å². The zero-order valence-electron chi connectivity index (χ0n) is 9.21. The van der Waals surface area contributed by atoms with E-state index < -0.39 is 0 Å². The molecule has 0 amide bonds. The lowest BCUT2D eigenvalue weighted by Crippen LogP contribution is -2.28. The fourth-order valence-corrected chi connectivity index (χ4v) is 3.71. The molecule has 2 nitrogen and oxygen atoms in total. The van der Waals surface area contributed by atoms with Crippen molar-refractivity contribution in [1.82, 2.24) is 5.43 Å². The van der Waals surface area contributed by atoms with Crippen molar-refractivity contribution in [3.05, 3.63) is 54.6 Å². The molecule has 1 aromatic heterocycles. The monoisotopic (exact) mass is 374 g/mol. The third-order valence-corrected chi connectivity index (χ3v) is 5.39. The molecule has 90 valence electrons.